The Morgan fingerprint density at radius 3 is 2.52 bits per heavy atom. The maximum atomic E-state index is 14.3. The van der Waals surface area contributed by atoms with Gasteiger partial charge in [0, 0.05) is 46.9 Å². The highest BCUT2D eigenvalue weighted by atomic mass is 19.1. The van der Waals surface area contributed by atoms with Crippen LogP contribution in [-0.2, 0) is 16.6 Å². The highest BCUT2D eigenvalue weighted by molar-refractivity contribution is 6.50. The lowest BCUT2D eigenvalue weighted by Gasteiger charge is -2.09. The molecular weight excluding hydrogens is 345 g/mol. The number of imide groups is 1. The largest absolute Gasteiger partial charge is 0.361 e. The van der Waals surface area contributed by atoms with Gasteiger partial charge in [-0.2, -0.15) is 0 Å². The summed E-state index contributed by atoms with van der Waals surface area (Å²) in [5.74, 6) is -1.46. The molecule has 3 heterocycles. The minimum atomic E-state index is -0.520. The van der Waals surface area contributed by atoms with Crippen molar-refractivity contribution in [2.24, 2.45) is 7.05 Å². The van der Waals surface area contributed by atoms with Crippen LogP contribution in [0.4, 0.5) is 4.39 Å². The number of fused-ring (bicyclic) bond motifs is 2. The van der Waals surface area contributed by atoms with Crippen molar-refractivity contribution in [1.82, 2.24) is 14.9 Å². The van der Waals surface area contributed by atoms with Crippen LogP contribution in [0.2, 0.25) is 0 Å². The number of aryl methyl sites for hydroxylation is 1. The molecule has 0 atom stereocenters. The number of para-hydroxylation sites is 1. The summed E-state index contributed by atoms with van der Waals surface area (Å²) < 4.78 is 16.1. The number of aromatic amines is 1. The first-order valence-corrected chi connectivity index (χ1v) is 8.46. The molecule has 1 aliphatic heterocycles. The summed E-state index contributed by atoms with van der Waals surface area (Å²) in [6.45, 7) is 0. The molecule has 0 radical (unpaired) electrons. The van der Waals surface area contributed by atoms with Crippen molar-refractivity contribution in [1.29, 1.82) is 0 Å². The van der Waals surface area contributed by atoms with Gasteiger partial charge in [-0.3, -0.25) is 14.9 Å². The lowest BCUT2D eigenvalue weighted by Crippen LogP contribution is -2.22. The third kappa shape index (κ3) is 2.16. The number of halogens is 1. The summed E-state index contributed by atoms with van der Waals surface area (Å²) >= 11 is 0. The number of carbonyl (C=O) groups is 2. The van der Waals surface area contributed by atoms with Gasteiger partial charge in [-0.15, -0.1) is 0 Å². The summed E-state index contributed by atoms with van der Waals surface area (Å²) in [4.78, 5) is 28.5. The molecule has 2 amide bonds. The molecule has 0 saturated heterocycles. The average molecular weight is 359 g/mol. The lowest BCUT2D eigenvalue weighted by molar-refractivity contribution is -0.122. The molecule has 132 valence electrons. The molecule has 2 N–H and O–H groups in total. The molecular formula is C21H14FN3O2. The van der Waals surface area contributed by atoms with Gasteiger partial charge in [-0.05, 0) is 24.3 Å². The van der Waals surface area contributed by atoms with Crippen molar-refractivity contribution in [2.45, 2.75) is 0 Å². The number of carbonyl (C=O) groups excluding carboxylic acids is 2. The van der Waals surface area contributed by atoms with E-state index in [9.17, 15) is 14.0 Å². The second-order valence-corrected chi connectivity index (χ2v) is 6.60. The summed E-state index contributed by atoms with van der Waals surface area (Å²) in [6, 6.07) is 12.0. The molecule has 27 heavy (non-hydrogen) atoms. The molecule has 0 bridgehead atoms. The van der Waals surface area contributed by atoms with Crippen LogP contribution in [0.5, 0.6) is 0 Å². The van der Waals surface area contributed by atoms with Gasteiger partial charge in [-0.25, -0.2) is 4.39 Å². The van der Waals surface area contributed by atoms with Crippen LogP contribution in [0.3, 0.4) is 0 Å². The van der Waals surface area contributed by atoms with Gasteiger partial charge in [0.15, 0.2) is 0 Å². The van der Waals surface area contributed by atoms with Crippen molar-refractivity contribution < 1.29 is 14.0 Å². The molecule has 6 heteroatoms. The number of benzene rings is 2. The van der Waals surface area contributed by atoms with Crippen LogP contribution in [0.25, 0.3) is 33.0 Å². The van der Waals surface area contributed by atoms with Gasteiger partial charge < -0.3 is 9.55 Å². The molecule has 0 spiro atoms. The van der Waals surface area contributed by atoms with Crippen LogP contribution in [-0.4, -0.2) is 21.4 Å². The van der Waals surface area contributed by atoms with Crippen molar-refractivity contribution in [3.8, 4) is 0 Å². The Balaban J connectivity index is 1.90. The molecule has 2 aromatic carbocycles. The van der Waals surface area contributed by atoms with E-state index in [0.29, 0.717) is 22.0 Å². The zero-order chi connectivity index (χ0) is 18.7. The van der Waals surface area contributed by atoms with Gasteiger partial charge in [0.25, 0.3) is 11.8 Å². The van der Waals surface area contributed by atoms with Crippen molar-refractivity contribution in [2.75, 3.05) is 0 Å². The van der Waals surface area contributed by atoms with Gasteiger partial charge in [-0.1, -0.05) is 18.2 Å². The Labute approximate surface area is 153 Å². The van der Waals surface area contributed by atoms with E-state index in [1.54, 1.807) is 18.5 Å². The maximum absolute atomic E-state index is 14.3. The molecule has 0 aliphatic carbocycles. The predicted octanol–water partition coefficient (Wildman–Crippen LogP) is 3.37. The van der Waals surface area contributed by atoms with Crippen molar-refractivity contribution >= 4 is 44.8 Å². The quantitative estimate of drug-likeness (QED) is 0.539. The summed E-state index contributed by atoms with van der Waals surface area (Å²) in [7, 11) is 1.82. The van der Waals surface area contributed by atoms with Gasteiger partial charge >= 0.3 is 0 Å². The topological polar surface area (TPSA) is 66.9 Å². The number of hydrogen-bond donors (Lipinski definition) is 2. The molecule has 2 aromatic heterocycles. The second kappa shape index (κ2) is 5.41. The van der Waals surface area contributed by atoms with Gasteiger partial charge in [0.05, 0.1) is 16.7 Å². The number of nitrogens with one attached hydrogen (secondary N) is 2. The number of H-pyrrole nitrogens is 1. The smallest absolute Gasteiger partial charge is 0.259 e. The Morgan fingerprint density at radius 1 is 0.963 bits per heavy atom. The van der Waals surface area contributed by atoms with Crippen LogP contribution in [0.1, 0.15) is 11.1 Å². The number of nitrogens with zero attached hydrogens (tertiary/aromatic N) is 1. The summed E-state index contributed by atoms with van der Waals surface area (Å²) in [5.41, 5.74) is 3.03. The first-order valence-electron chi connectivity index (χ1n) is 8.46. The summed E-state index contributed by atoms with van der Waals surface area (Å²) in [5, 5.41) is 3.87. The van der Waals surface area contributed by atoms with E-state index < -0.39 is 17.6 Å². The summed E-state index contributed by atoms with van der Waals surface area (Å²) in [6.07, 6.45) is 3.51. The van der Waals surface area contributed by atoms with Crippen LogP contribution in [0.15, 0.2) is 54.9 Å². The minimum Gasteiger partial charge on any atom is -0.361 e. The molecule has 1 aliphatic rings. The second-order valence-electron chi connectivity index (χ2n) is 6.60. The monoisotopic (exact) mass is 359 g/mol. The third-order valence-electron chi connectivity index (χ3n) is 4.99. The number of aromatic nitrogens is 2. The molecule has 5 rings (SSSR count). The van der Waals surface area contributed by atoms with E-state index in [1.165, 1.54) is 12.1 Å². The Kier molecular flexibility index (Phi) is 3.12. The number of amides is 2. The number of rotatable bonds is 2. The zero-order valence-corrected chi connectivity index (χ0v) is 14.3. The van der Waals surface area contributed by atoms with Gasteiger partial charge in [0.2, 0.25) is 0 Å². The van der Waals surface area contributed by atoms with E-state index in [1.807, 2.05) is 35.9 Å². The molecule has 5 nitrogen and oxygen atoms in total. The van der Waals surface area contributed by atoms with E-state index in [4.69, 9.17) is 0 Å². The average Bonchev–Trinajstić information content (AvgIpc) is 3.30. The highest BCUT2D eigenvalue weighted by Gasteiger charge is 2.34. The Bertz CT molecular complexity index is 1310. The van der Waals surface area contributed by atoms with Crippen molar-refractivity contribution in [3.63, 3.8) is 0 Å². The lowest BCUT2D eigenvalue weighted by atomic mass is 9.94. The maximum Gasteiger partial charge on any atom is 0.259 e. The predicted molar refractivity (Wildman–Crippen MR) is 101 cm³/mol. The SMILES string of the molecule is Cn1ccc2cc(F)cc(C3=C(c4c[nH]c5ccccc45)C(=O)NC3=O)c21. The van der Waals surface area contributed by atoms with E-state index in [2.05, 4.69) is 10.3 Å². The Morgan fingerprint density at radius 2 is 1.70 bits per heavy atom. The Hall–Kier alpha value is -3.67. The molecule has 0 unspecified atom stereocenters. The van der Waals surface area contributed by atoms with Gasteiger partial charge in [0.1, 0.15) is 5.82 Å². The standard InChI is InChI=1S/C21H14FN3O2/c1-25-7-6-11-8-12(22)9-14(19(11)25)17-18(21(27)24-20(17)26)15-10-23-16-5-3-2-4-13(15)16/h2-10,23H,1H3,(H,24,26,27). The van der Waals surface area contributed by atoms with E-state index >= 15 is 0 Å². The highest BCUT2D eigenvalue weighted by Crippen LogP contribution is 2.37. The van der Waals surface area contributed by atoms with Crippen molar-refractivity contribution in [3.05, 3.63) is 71.8 Å². The fourth-order valence-electron chi connectivity index (χ4n) is 3.85. The fourth-order valence-corrected chi connectivity index (χ4v) is 3.85. The first-order chi connectivity index (χ1) is 13.0. The van der Waals surface area contributed by atoms with Crippen LogP contribution >= 0.6 is 0 Å². The molecule has 4 aromatic rings. The van der Waals surface area contributed by atoms with Crippen LogP contribution < -0.4 is 5.32 Å². The zero-order valence-electron chi connectivity index (χ0n) is 14.3. The number of hydrogen-bond acceptors (Lipinski definition) is 2. The molecule has 0 saturated carbocycles. The van der Waals surface area contributed by atoms with Crippen LogP contribution in [0, 0.1) is 5.82 Å². The third-order valence-corrected chi connectivity index (χ3v) is 4.99. The normalized spacial score (nSPS) is 14.6. The fraction of sp³-hybridized carbons (Fsp3) is 0.0476. The van der Waals surface area contributed by atoms with E-state index in [-0.39, 0.29) is 11.1 Å². The molecule has 0 fully saturated rings. The first kappa shape index (κ1) is 15.6. The van der Waals surface area contributed by atoms with E-state index in [0.717, 1.165) is 10.9 Å². The minimum absolute atomic E-state index is 0.191.